The lowest BCUT2D eigenvalue weighted by Gasteiger charge is -2.26. The summed E-state index contributed by atoms with van der Waals surface area (Å²) >= 11 is 0. The predicted molar refractivity (Wildman–Crippen MR) is 164 cm³/mol. The summed E-state index contributed by atoms with van der Waals surface area (Å²) in [6.07, 6.45) is 2.29. The number of benzene rings is 4. The van der Waals surface area contributed by atoms with Crippen LogP contribution in [0.25, 0.3) is 10.9 Å². The Morgan fingerprint density at radius 1 is 0.738 bits per heavy atom. The third-order valence-corrected chi connectivity index (χ3v) is 7.41. The van der Waals surface area contributed by atoms with Gasteiger partial charge in [-0.05, 0) is 35.7 Å². The Bertz CT molecular complexity index is 1610. The van der Waals surface area contributed by atoms with E-state index in [1.165, 1.54) is 11.1 Å². The fraction of sp³-hybridized carbons (Fsp3) is 0.171. The van der Waals surface area contributed by atoms with Gasteiger partial charge in [0.1, 0.15) is 6.54 Å². The summed E-state index contributed by atoms with van der Waals surface area (Å²) in [6, 6.07) is 37.0. The van der Waals surface area contributed by atoms with E-state index < -0.39 is 5.97 Å². The highest BCUT2D eigenvalue weighted by Crippen LogP contribution is 2.28. The molecule has 0 fully saturated rings. The van der Waals surface area contributed by atoms with Crippen LogP contribution in [-0.4, -0.2) is 52.0 Å². The minimum atomic E-state index is -0.984. The zero-order valence-electron chi connectivity index (χ0n) is 23.2. The Hall–Kier alpha value is -5.17. The van der Waals surface area contributed by atoms with Crippen molar-refractivity contribution in [2.45, 2.75) is 18.9 Å². The number of carboxylic acid groups (broad SMARTS) is 1. The van der Waals surface area contributed by atoms with Gasteiger partial charge < -0.3 is 19.9 Å². The number of nitrogens with zero attached hydrogens (tertiary/aromatic N) is 2. The van der Waals surface area contributed by atoms with Crippen LogP contribution in [0.1, 0.15) is 44.2 Å². The summed E-state index contributed by atoms with van der Waals surface area (Å²) in [7, 11) is 0. The van der Waals surface area contributed by atoms with E-state index >= 15 is 0 Å². The largest absolute Gasteiger partial charge is 0.480 e. The van der Waals surface area contributed by atoms with Crippen LogP contribution in [0.3, 0.4) is 0 Å². The van der Waals surface area contributed by atoms with Crippen LogP contribution < -0.4 is 5.32 Å². The molecule has 0 saturated carbocycles. The lowest BCUT2D eigenvalue weighted by molar-refractivity contribution is -0.137. The van der Waals surface area contributed by atoms with Crippen molar-refractivity contribution in [2.75, 3.05) is 19.6 Å². The first kappa shape index (κ1) is 28.4. The van der Waals surface area contributed by atoms with Crippen molar-refractivity contribution >= 4 is 28.7 Å². The van der Waals surface area contributed by atoms with Crippen molar-refractivity contribution in [3.8, 4) is 0 Å². The monoisotopic (exact) mass is 559 g/mol. The Morgan fingerprint density at radius 2 is 1.31 bits per heavy atom. The van der Waals surface area contributed by atoms with Gasteiger partial charge in [-0.3, -0.25) is 14.4 Å². The first-order valence-corrected chi connectivity index (χ1v) is 14.0. The number of aliphatic carboxylic acids is 1. The van der Waals surface area contributed by atoms with Crippen molar-refractivity contribution in [3.05, 3.63) is 144 Å². The molecule has 2 amide bonds. The van der Waals surface area contributed by atoms with E-state index in [1.54, 1.807) is 39.9 Å². The molecular weight excluding hydrogens is 526 g/mol. The molecule has 7 heteroatoms. The zero-order valence-corrected chi connectivity index (χ0v) is 23.2. The van der Waals surface area contributed by atoms with E-state index in [2.05, 4.69) is 29.6 Å². The van der Waals surface area contributed by atoms with E-state index in [-0.39, 0.29) is 30.8 Å². The van der Waals surface area contributed by atoms with Crippen molar-refractivity contribution in [3.63, 3.8) is 0 Å². The predicted octanol–water partition coefficient (Wildman–Crippen LogP) is 5.82. The Morgan fingerprint density at radius 3 is 1.93 bits per heavy atom. The summed E-state index contributed by atoms with van der Waals surface area (Å²) in [4.78, 5) is 40.0. The fourth-order valence-corrected chi connectivity index (χ4v) is 5.36. The molecule has 0 atom stereocenters. The van der Waals surface area contributed by atoms with Gasteiger partial charge >= 0.3 is 5.97 Å². The third kappa shape index (κ3) is 6.75. The molecule has 5 rings (SSSR count). The summed E-state index contributed by atoms with van der Waals surface area (Å²) in [5.41, 5.74) is 4.04. The number of carbonyl (C=O) groups is 3. The van der Waals surface area contributed by atoms with E-state index in [4.69, 9.17) is 0 Å². The fourth-order valence-electron chi connectivity index (χ4n) is 5.36. The van der Waals surface area contributed by atoms with Gasteiger partial charge in [-0.25, -0.2) is 0 Å². The summed E-state index contributed by atoms with van der Waals surface area (Å²) in [5, 5.41) is 12.9. The standard InChI is InChI=1S/C35H33N3O4/c39-33(40)25-38-24-31(30-18-10-11-19-32(30)38)34(41)36-21-23-37(35(42)28-16-8-3-9-17-28)22-20-29(26-12-4-1-5-13-26)27-14-6-2-7-15-27/h1-19,24,29H,20-23,25H2,(H,36,41)(H,39,40). The van der Waals surface area contributed by atoms with Crippen LogP contribution in [0.4, 0.5) is 0 Å². The number of hydrogen-bond donors (Lipinski definition) is 2. The summed E-state index contributed by atoms with van der Waals surface area (Å²) in [6.45, 7) is 0.827. The minimum absolute atomic E-state index is 0.0946. The summed E-state index contributed by atoms with van der Waals surface area (Å²) < 4.78 is 1.56. The van der Waals surface area contributed by atoms with E-state index in [0.717, 1.165) is 0 Å². The van der Waals surface area contributed by atoms with E-state index in [9.17, 15) is 19.5 Å². The highest BCUT2D eigenvalue weighted by molar-refractivity contribution is 6.07. The topological polar surface area (TPSA) is 91.6 Å². The molecule has 42 heavy (non-hydrogen) atoms. The minimum Gasteiger partial charge on any atom is -0.480 e. The number of carbonyl (C=O) groups excluding carboxylic acids is 2. The second kappa shape index (κ2) is 13.5. The van der Waals surface area contributed by atoms with Gasteiger partial charge in [0.2, 0.25) is 0 Å². The van der Waals surface area contributed by atoms with Crippen molar-refractivity contribution in [2.24, 2.45) is 0 Å². The molecule has 0 unspecified atom stereocenters. The van der Waals surface area contributed by atoms with Gasteiger partial charge in [0.25, 0.3) is 11.8 Å². The summed E-state index contributed by atoms with van der Waals surface area (Å²) in [5.74, 6) is -1.29. The maximum absolute atomic E-state index is 13.6. The van der Waals surface area contributed by atoms with Crippen LogP contribution in [0, 0.1) is 0 Å². The van der Waals surface area contributed by atoms with E-state index in [1.807, 2.05) is 66.7 Å². The zero-order chi connectivity index (χ0) is 29.3. The third-order valence-electron chi connectivity index (χ3n) is 7.41. The number of para-hydroxylation sites is 1. The SMILES string of the molecule is O=C(O)Cn1cc(C(=O)NCCN(CCC(c2ccccc2)c2ccccc2)C(=O)c2ccccc2)c2ccccc21. The van der Waals surface area contributed by atoms with Gasteiger partial charge in [-0.1, -0.05) is 97.1 Å². The molecular formula is C35H33N3O4. The molecule has 1 heterocycles. The number of carboxylic acids is 1. The van der Waals surface area contributed by atoms with E-state index in [0.29, 0.717) is 41.5 Å². The van der Waals surface area contributed by atoms with Crippen LogP contribution in [0.15, 0.2) is 121 Å². The van der Waals surface area contributed by atoms with Gasteiger partial charge in [-0.15, -0.1) is 0 Å². The Balaban J connectivity index is 1.33. The number of aromatic nitrogens is 1. The number of nitrogens with one attached hydrogen (secondary N) is 1. The molecule has 4 aromatic carbocycles. The number of rotatable bonds is 12. The molecule has 5 aromatic rings. The Kier molecular flexibility index (Phi) is 9.09. The maximum Gasteiger partial charge on any atom is 0.323 e. The molecule has 212 valence electrons. The molecule has 7 nitrogen and oxygen atoms in total. The highest BCUT2D eigenvalue weighted by Gasteiger charge is 2.21. The second-order valence-corrected chi connectivity index (χ2v) is 10.2. The number of fused-ring (bicyclic) bond motifs is 1. The van der Waals surface area contributed by atoms with Gasteiger partial charge in [0, 0.05) is 48.2 Å². The van der Waals surface area contributed by atoms with Gasteiger partial charge in [0.15, 0.2) is 0 Å². The van der Waals surface area contributed by atoms with Crippen LogP contribution in [0.5, 0.6) is 0 Å². The molecule has 0 aliphatic rings. The van der Waals surface area contributed by atoms with Crippen LogP contribution >= 0.6 is 0 Å². The van der Waals surface area contributed by atoms with Crippen LogP contribution in [-0.2, 0) is 11.3 Å². The lowest BCUT2D eigenvalue weighted by atomic mass is 9.88. The first-order valence-electron chi connectivity index (χ1n) is 14.0. The second-order valence-electron chi connectivity index (χ2n) is 10.2. The molecule has 1 aromatic heterocycles. The number of amides is 2. The average Bonchev–Trinajstić information content (AvgIpc) is 3.39. The van der Waals surface area contributed by atoms with Gasteiger partial charge in [-0.2, -0.15) is 0 Å². The lowest BCUT2D eigenvalue weighted by Crippen LogP contribution is -2.39. The van der Waals surface area contributed by atoms with Gasteiger partial charge in [0.05, 0.1) is 5.56 Å². The van der Waals surface area contributed by atoms with Crippen LogP contribution in [0.2, 0.25) is 0 Å². The smallest absolute Gasteiger partial charge is 0.323 e. The Labute approximate surface area is 245 Å². The average molecular weight is 560 g/mol. The number of hydrogen-bond acceptors (Lipinski definition) is 3. The van der Waals surface area contributed by atoms with Crippen molar-refractivity contribution < 1.29 is 19.5 Å². The quantitative estimate of drug-likeness (QED) is 0.202. The molecule has 0 radical (unpaired) electrons. The van der Waals surface area contributed by atoms with Crippen molar-refractivity contribution in [1.82, 2.24) is 14.8 Å². The molecule has 0 aliphatic heterocycles. The molecule has 0 spiro atoms. The maximum atomic E-state index is 13.6. The van der Waals surface area contributed by atoms with Crippen molar-refractivity contribution in [1.29, 1.82) is 0 Å². The molecule has 0 bridgehead atoms. The normalized spacial score (nSPS) is 11.0. The highest BCUT2D eigenvalue weighted by atomic mass is 16.4. The molecule has 0 saturated heterocycles. The molecule has 2 N–H and O–H groups in total. The first-order chi connectivity index (χ1) is 20.5. The molecule has 0 aliphatic carbocycles.